The molecule has 4 rings (SSSR count). The van der Waals surface area contributed by atoms with Crippen LogP contribution in [0, 0.1) is 0 Å². The zero-order valence-corrected chi connectivity index (χ0v) is 14.5. The lowest BCUT2D eigenvalue weighted by molar-refractivity contribution is -0.134. The lowest BCUT2D eigenvalue weighted by Crippen LogP contribution is -2.48. The number of carbonyl (C=O) groups excluding carboxylic acids is 1. The predicted molar refractivity (Wildman–Crippen MR) is 94.9 cm³/mol. The molecule has 0 unspecified atom stereocenters. The number of rotatable bonds is 4. The zero-order chi connectivity index (χ0) is 17.1. The van der Waals surface area contributed by atoms with Crippen LogP contribution in [0.2, 0.25) is 0 Å². The molecule has 0 radical (unpaired) electrons. The summed E-state index contributed by atoms with van der Waals surface area (Å²) in [5.41, 5.74) is 1.04. The Labute approximate surface area is 148 Å². The average molecular weight is 339 g/mol. The van der Waals surface area contributed by atoms with Crippen molar-refractivity contribution >= 4 is 5.91 Å². The summed E-state index contributed by atoms with van der Waals surface area (Å²) in [6, 6.07) is 10.0. The third kappa shape index (κ3) is 3.58. The number of nitrogens with zero attached hydrogens (tertiary/aromatic N) is 4. The highest BCUT2D eigenvalue weighted by Gasteiger charge is 2.30. The first-order valence-electron chi connectivity index (χ1n) is 9.28. The first kappa shape index (κ1) is 16.3. The Morgan fingerprint density at radius 2 is 1.96 bits per heavy atom. The molecule has 6 nitrogen and oxygen atoms in total. The van der Waals surface area contributed by atoms with Crippen LogP contribution in [-0.4, -0.2) is 44.7 Å². The highest BCUT2D eigenvalue weighted by atomic mass is 16.2. The van der Waals surface area contributed by atoms with Gasteiger partial charge in [-0.1, -0.05) is 30.3 Å². The van der Waals surface area contributed by atoms with Crippen molar-refractivity contribution in [3.05, 3.63) is 48.0 Å². The van der Waals surface area contributed by atoms with Crippen LogP contribution >= 0.6 is 0 Å². The van der Waals surface area contributed by atoms with E-state index in [0.29, 0.717) is 0 Å². The molecule has 1 saturated heterocycles. The SMILES string of the molecule is O=C([C@@H](N[C@@H]1CCc2ncnn2C1)c1ccccc1)N1CCCCC1. The Kier molecular flexibility index (Phi) is 4.78. The van der Waals surface area contributed by atoms with Crippen molar-refractivity contribution in [3.63, 3.8) is 0 Å². The quantitative estimate of drug-likeness (QED) is 0.925. The monoisotopic (exact) mass is 339 g/mol. The molecule has 0 aliphatic carbocycles. The highest BCUT2D eigenvalue weighted by Crippen LogP contribution is 2.22. The van der Waals surface area contributed by atoms with Crippen molar-refractivity contribution in [2.45, 2.75) is 50.7 Å². The van der Waals surface area contributed by atoms with Crippen LogP contribution in [0.4, 0.5) is 0 Å². The molecule has 1 aromatic heterocycles. The topological polar surface area (TPSA) is 63.1 Å². The number of piperidine rings is 1. The van der Waals surface area contributed by atoms with Crippen molar-refractivity contribution in [2.24, 2.45) is 0 Å². The summed E-state index contributed by atoms with van der Waals surface area (Å²) in [6.07, 6.45) is 6.95. The van der Waals surface area contributed by atoms with E-state index in [4.69, 9.17) is 0 Å². The molecule has 132 valence electrons. The Balaban J connectivity index is 1.52. The van der Waals surface area contributed by atoms with Gasteiger partial charge in [-0.15, -0.1) is 0 Å². The maximum atomic E-state index is 13.2. The molecule has 1 aromatic carbocycles. The molecule has 1 N–H and O–H groups in total. The number of fused-ring (bicyclic) bond motifs is 1. The Morgan fingerprint density at radius 3 is 2.76 bits per heavy atom. The van der Waals surface area contributed by atoms with Crippen molar-refractivity contribution in [1.29, 1.82) is 0 Å². The maximum Gasteiger partial charge on any atom is 0.244 e. The predicted octanol–water partition coefficient (Wildman–Crippen LogP) is 1.94. The molecule has 0 spiro atoms. The first-order chi connectivity index (χ1) is 12.3. The minimum atomic E-state index is -0.283. The van der Waals surface area contributed by atoms with Gasteiger partial charge in [0.05, 0.1) is 6.54 Å². The maximum absolute atomic E-state index is 13.2. The summed E-state index contributed by atoms with van der Waals surface area (Å²) < 4.78 is 1.95. The van der Waals surface area contributed by atoms with Gasteiger partial charge in [-0.05, 0) is 31.2 Å². The number of likely N-dealkylation sites (tertiary alicyclic amines) is 1. The minimum Gasteiger partial charge on any atom is -0.341 e. The first-order valence-corrected chi connectivity index (χ1v) is 9.28. The van der Waals surface area contributed by atoms with E-state index in [-0.39, 0.29) is 18.0 Å². The van der Waals surface area contributed by atoms with E-state index in [1.54, 1.807) is 6.33 Å². The van der Waals surface area contributed by atoms with Gasteiger partial charge in [0.15, 0.2) is 0 Å². The molecule has 6 heteroatoms. The number of hydrogen-bond acceptors (Lipinski definition) is 4. The van der Waals surface area contributed by atoms with Crippen molar-refractivity contribution < 1.29 is 4.79 Å². The zero-order valence-electron chi connectivity index (χ0n) is 14.5. The fraction of sp³-hybridized carbons (Fsp3) is 0.526. The van der Waals surface area contributed by atoms with E-state index in [1.807, 2.05) is 39.9 Å². The molecule has 0 saturated carbocycles. The molecule has 1 fully saturated rings. The third-order valence-electron chi connectivity index (χ3n) is 5.26. The fourth-order valence-electron chi connectivity index (χ4n) is 3.86. The summed E-state index contributed by atoms with van der Waals surface area (Å²) in [5, 5.41) is 7.91. The molecule has 2 aromatic rings. The molecule has 2 aliphatic heterocycles. The van der Waals surface area contributed by atoms with Gasteiger partial charge in [-0.3, -0.25) is 10.1 Å². The molecule has 3 heterocycles. The number of nitrogens with one attached hydrogen (secondary N) is 1. The lowest BCUT2D eigenvalue weighted by Gasteiger charge is -2.34. The van der Waals surface area contributed by atoms with Gasteiger partial charge in [-0.25, -0.2) is 9.67 Å². The number of hydrogen-bond donors (Lipinski definition) is 1. The molecule has 2 atom stereocenters. The number of carbonyl (C=O) groups is 1. The van der Waals surface area contributed by atoms with Crippen LogP contribution in [0.5, 0.6) is 0 Å². The van der Waals surface area contributed by atoms with E-state index in [0.717, 1.165) is 56.7 Å². The van der Waals surface area contributed by atoms with Gasteiger partial charge in [0.2, 0.25) is 5.91 Å². The van der Waals surface area contributed by atoms with Crippen molar-refractivity contribution in [3.8, 4) is 0 Å². The van der Waals surface area contributed by atoms with E-state index >= 15 is 0 Å². The largest absolute Gasteiger partial charge is 0.341 e. The Bertz CT molecular complexity index is 708. The van der Waals surface area contributed by atoms with Crippen LogP contribution in [0.3, 0.4) is 0 Å². The number of aromatic nitrogens is 3. The van der Waals surface area contributed by atoms with E-state index in [1.165, 1.54) is 6.42 Å². The van der Waals surface area contributed by atoms with Gasteiger partial charge >= 0.3 is 0 Å². The van der Waals surface area contributed by atoms with Crippen molar-refractivity contribution in [2.75, 3.05) is 13.1 Å². The van der Waals surface area contributed by atoms with E-state index in [2.05, 4.69) is 15.4 Å². The van der Waals surface area contributed by atoms with Gasteiger partial charge < -0.3 is 4.90 Å². The third-order valence-corrected chi connectivity index (χ3v) is 5.26. The Morgan fingerprint density at radius 1 is 1.16 bits per heavy atom. The summed E-state index contributed by atoms with van der Waals surface area (Å²) in [6.45, 7) is 2.52. The standard InChI is InChI=1S/C19H25N5O/c25-19(23-11-5-2-6-12-23)18(15-7-3-1-4-8-15)22-16-9-10-17-20-14-21-24(17)13-16/h1,3-4,7-8,14,16,18,22H,2,5-6,9-13H2/t16-,18+/m1/s1. The molecule has 0 bridgehead atoms. The second-order valence-electron chi connectivity index (χ2n) is 6.99. The number of aryl methyl sites for hydroxylation is 1. The molecular weight excluding hydrogens is 314 g/mol. The molecule has 2 aliphatic rings. The van der Waals surface area contributed by atoms with E-state index in [9.17, 15) is 4.79 Å². The fourth-order valence-corrected chi connectivity index (χ4v) is 3.86. The summed E-state index contributed by atoms with van der Waals surface area (Å²) in [4.78, 5) is 19.5. The van der Waals surface area contributed by atoms with Gasteiger partial charge in [0.1, 0.15) is 18.2 Å². The van der Waals surface area contributed by atoms with Crippen LogP contribution in [-0.2, 0) is 17.8 Å². The van der Waals surface area contributed by atoms with Crippen LogP contribution in [0.25, 0.3) is 0 Å². The summed E-state index contributed by atoms with van der Waals surface area (Å²) in [5.74, 6) is 1.24. The summed E-state index contributed by atoms with van der Waals surface area (Å²) in [7, 11) is 0. The van der Waals surface area contributed by atoms with Crippen LogP contribution < -0.4 is 5.32 Å². The molecular formula is C19H25N5O. The summed E-state index contributed by atoms with van der Waals surface area (Å²) >= 11 is 0. The van der Waals surface area contributed by atoms with Gasteiger partial charge in [0, 0.05) is 25.6 Å². The number of benzene rings is 1. The molecule has 1 amide bonds. The lowest BCUT2D eigenvalue weighted by atomic mass is 10.00. The molecule has 25 heavy (non-hydrogen) atoms. The second kappa shape index (κ2) is 7.35. The van der Waals surface area contributed by atoms with E-state index < -0.39 is 0 Å². The average Bonchev–Trinajstić information content (AvgIpc) is 3.15. The Hall–Kier alpha value is -2.21. The second-order valence-corrected chi connectivity index (χ2v) is 6.99. The normalized spacial score (nSPS) is 21.6. The number of amides is 1. The van der Waals surface area contributed by atoms with Gasteiger partial charge in [0.25, 0.3) is 0 Å². The van der Waals surface area contributed by atoms with Crippen LogP contribution in [0.15, 0.2) is 36.7 Å². The minimum absolute atomic E-state index is 0.204. The smallest absolute Gasteiger partial charge is 0.244 e. The van der Waals surface area contributed by atoms with Crippen LogP contribution in [0.1, 0.15) is 43.1 Å². The highest BCUT2D eigenvalue weighted by molar-refractivity contribution is 5.83. The van der Waals surface area contributed by atoms with Crippen molar-refractivity contribution in [1.82, 2.24) is 25.0 Å². The van der Waals surface area contributed by atoms with Gasteiger partial charge in [-0.2, -0.15) is 5.10 Å².